The zero-order valence-electron chi connectivity index (χ0n) is 13.1. The molecule has 0 aliphatic carbocycles. The van der Waals surface area contributed by atoms with E-state index in [9.17, 15) is 23.5 Å². The van der Waals surface area contributed by atoms with E-state index in [4.69, 9.17) is 9.47 Å². The van der Waals surface area contributed by atoms with Gasteiger partial charge >= 0.3 is 12.6 Å². The molecule has 2 unspecified atom stereocenters. The summed E-state index contributed by atoms with van der Waals surface area (Å²) in [5, 5.41) is 9.26. The summed E-state index contributed by atoms with van der Waals surface area (Å²) in [4.78, 5) is 25.1. The molecular formula is C15H17F2NO6. The van der Waals surface area contributed by atoms with Crippen molar-refractivity contribution in [1.82, 2.24) is 4.90 Å². The molecule has 0 spiro atoms. The zero-order chi connectivity index (χ0) is 17.9. The molecule has 24 heavy (non-hydrogen) atoms. The van der Waals surface area contributed by atoms with Crippen molar-refractivity contribution in [1.29, 1.82) is 0 Å². The van der Waals surface area contributed by atoms with Crippen LogP contribution in [0.2, 0.25) is 0 Å². The van der Waals surface area contributed by atoms with E-state index in [0.717, 1.165) is 11.0 Å². The summed E-state index contributed by atoms with van der Waals surface area (Å²) in [6.07, 6.45) is -0.237. The molecule has 2 atom stereocenters. The van der Waals surface area contributed by atoms with E-state index in [1.165, 1.54) is 26.4 Å². The van der Waals surface area contributed by atoms with Crippen LogP contribution < -0.4 is 9.47 Å². The number of nitrogens with zero attached hydrogens (tertiary/aromatic N) is 1. The van der Waals surface area contributed by atoms with Gasteiger partial charge in [-0.25, -0.2) is 4.79 Å². The third-order valence-corrected chi connectivity index (χ3v) is 3.77. The predicted octanol–water partition coefficient (Wildman–Crippen LogP) is 1.61. The number of halogens is 2. The quantitative estimate of drug-likeness (QED) is 0.843. The molecule has 1 aliphatic rings. The highest BCUT2D eigenvalue weighted by Gasteiger charge is 2.40. The lowest BCUT2D eigenvalue weighted by Gasteiger charge is -2.22. The summed E-state index contributed by atoms with van der Waals surface area (Å²) in [5.41, 5.74) is 0.0226. The van der Waals surface area contributed by atoms with Gasteiger partial charge in [0, 0.05) is 25.6 Å². The molecule has 0 saturated carbocycles. The number of carbonyl (C=O) groups excluding carboxylic acids is 1. The average molecular weight is 345 g/mol. The molecule has 1 fully saturated rings. The van der Waals surface area contributed by atoms with Gasteiger partial charge in [0.05, 0.1) is 13.2 Å². The molecule has 1 aromatic carbocycles. The van der Waals surface area contributed by atoms with Gasteiger partial charge in [-0.1, -0.05) is 0 Å². The van der Waals surface area contributed by atoms with Crippen LogP contribution in [0.4, 0.5) is 8.78 Å². The fraction of sp³-hybridized carbons (Fsp3) is 0.467. The lowest BCUT2D eigenvalue weighted by molar-refractivity contribution is -0.141. The Labute approximate surface area is 136 Å². The molecule has 0 aromatic heterocycles. The maximum absolute atomic E-state index is 12.6. The van der Waals surface area contributed by atoms with E-state index in [1.54, 1.807) is 0 Å². The van der Waals surface area contributed by atoms with Crippen molar-refractivity contribution in [2.45, 2.75) is 25.2 Å². The number of hydrogen-bond donors (Lipinski definition) is 1. The Morgan fingerprint density at radius 3 is 2.54 bits per heavy atom. The van der Waals surface area contributed by atoms with Crippen molar-refractivity contribution < 1.29 is 37.7 Å². The van der Waals surface area contributed by atoms with Crippen LogP contribution in [-0.2, 0) is 9.53 Å². The minimum absolute atomic E-state index is 0.0226. The van der Waals surface area contributed by atoms with Gasteiger partial charge in [0.2, 0.25) is 0 Å². The zero-order valence-corrected chi connectivity index (χ0v) is 13.1. The fourth-order valence-electron chi connectivity index (χ4n) is 2.59. The number of carboxylic acid groups (broad SMARTS) is 1. The number of carboxylic acids is 1. The van der Waals surface area contributed by atoms with Crippen molar-refractivity contribution in [3.8, 4) is 11.5 Å². The molecule has 0 radical (unpaired) electrons. The molecule has 1 amide bonds. The SMILES string of the molecule is COc1ccc(C(=O)N2CC(OC)CC2C(=O)O)cc1OC(F)F. The highest BCUT2D eigenvalue weighted by molar-refractivity contribution is 5.97. The number of hydrogen-bond acceptors (Lipinski definition) is 5. The molecule has 1 saturated heterocycles. The van der Waals surface area contributed by atoms with Gasteiger partial charge in [0.25, 0.3) is 5.91 Å². The third kappa shape index (κ3) is 3.73. The monoisotopic (exact) mass is 345 g/mol. The molecule has 1 aromatic rings. The van der Waals surface area contributed by atoms with Crippen molar-refractivity contribution in [3.05, 3.63) is 23.8 Å². The Balaban J connectivity index is 2.29. The summed E-state index contributed by atoms with van der Waals surface area (Å²) in [6, 6.07) is 2.74. The average Bonchev–Trinajstić information content (AvgIpc) is 2.98. The Kier molecular flexibility index (Phi) is 5.55. The topological polar surface area (TPSA) is 85.3 Å². The first kappa shape index (κ1) is 17.9. The summed E-state index contributed by atoms with van der Waals surface area (Å²) in [7, 11) is 2.71. The number of carbonyl (C=O) groups is 2. The minimum atomic E-state index is -3.08. The van der Waals surface area contributed by atoms with Crippen LogP contribution in [0.5, 0.6) is 11.5 Å². The number of methoxy groups -OCH3 is 2. The Bertz CT molecular complexity index is 624. The maximum Gasteiger partial charge on any atom is 0.387 e. The van der Waals surface area contributed by atoms with E-state index < -0.39 is 30.6 Å². The number of aliphatic carboxylic acids is 1. The van der Waals surface area contributed by atoms with Crippen LogP contribution >= 0.6 is 0 Å². The first-order valence-corrected chi connectivity index (χ1v) is 7.06. The number of alkyl halides is 2. The third-order valence-electron chi connectivity index (χ3n) is 3.77. The van der Waals surface area contributed by atoms with Crippen LogP contribution in [0.1, 0.15) is 16.8 Å². The normalized spacial score (nSPS) is 20.3. The smallest absolute Gasteiger partial charge is 0.387 e. The van der Waals surface area contributed by atoms with E-state index in [-0.39, 0.29) is 30.0 Å². The fourth-order valence-corrected chi connectivity index (χ4v) is 2.59. The maximum atomic E-state index is 12.6. The second-order valence-corrected chi connectivity index (χ2v) is 5.15. The van der Waals surface area contributed by atoms with E-state index >= 15 is 0 Å². The van der Waals surface area contributed by atoms with Crippen LogP contribution in [0, 0.1) is 0 Å². The second-order valence-electron chi connectivity index (χ2n) is 5.15. The van der Waals surface area contributed by atoms with E-state index in [2.05, 4.69) is 4.74 Å². The first-order valence-electron chi connectivity index (χ1n) is 7.06. The van der Waals surface area contributed by atoms with Crippen molar-refractivity contribution in [3.63, 3.8) is 0 Å². The lowest BCUT2D eigenvalue weighted by Crippen LogP contribution is -2.40. The largest absolute Gasteiger partial charge is 0.493 e. The number of ether oxygens (including phenoxy) is 3. The van der Waals surface area contributed by atoms with Gasteiger partial charge in [-0.3, -0.25) is 4.79 Å². The molecule has 0 bridgehead atoms. The number of amides is 1. The van der Waals surface area contributed by atoms with Crippen molar-refractivity contribution in [2.24, 2.45) is 0 Å². The summed E-state index contributed by atoms with van der Waals surface area (Å²) in [5.74, 6) is -2.02. The standard InChI is InChI=1S/C15H17F2NO6/c1-22-9-6-10(14(20)21)18(7-9)13(19)8-3-4-11(23-2)12(5-8)24-15(16)17/h3-5,9-10,15H,6-7H2,1-2H3,(H,20,21). The van der Waals surface area contributed by atoms with Crippen molar-refractivity contribution in [2.75, 3.05) is 20.8 Å². The van der Waals surface area contributed by atoms with Gasteiger partial charge in [-0.05, 0) is 18.2 Å². The van der Waals surface area contributed by atoms with Gasteiger partial charge in [0.1, 0.15) is 6.04 Å². The van der Waals surface area contributed by atoms with E-state index in [1.807, 2.05) is 0 Å². The molecule has 9 heteroatoms. The summed E-state index contributed by atoms with van der Waals surface area (Å²) in [6.45, 7) is -2.98. The number of benzene rings is 1. The Morgan fingerprint density at radius 1 is 1.29 bits per heavy atom. The van der Waals surface area contributed by atoms with E-state index in [0.29, 0.717) is 0 Å². The van der Waals surface area contributed by atoms with Gasteiger partial charge in [0.15, 0.2) is 11.5 Å². The molecular weight excluding hydrogens is 328 g/mol. The van der Waals surface area contributed by atoms with Crippen LogP contribution in [0.3, 0.4) is 0 Å². The predicted molar refractivity (Wildman–Crippen MR) is 77.5 cm³/mol. The van der Waals surface area contributed by atoms with Gasteiger partial charge in [-0.2, -0.15) is 8.78 Å². The molecule has 1 N–H and O–H groups in total. The number of likely N-dealkylation sites (tertiary alicyclic amines) is 1. The van der Waals surface area contributed by atoms with Gasteiger partial charge in [-0.15, -0.1) is 0 Å². The molecule has 2 rings (SSSR count). The molecule has 1 aliphatic heterocycles. The molecule has 1 heterocycles. The summed E-state index contributed by atoms with van der Waals surface area (Å²) < 4.78 is 39.3. The Hall–Kier alpha value is -2.42. The van der Waals surface area contributed by atoms with Crippen LogP contribution in [0.15, 0.2) is 18.2 Å². The Morgan fingerprint density at radius 2 is 2.00 bits per heavy atom. The minimum Gasteiger partial charge on any atom is -0.493 e. The molecule has 7 nitrogen and oxygen atoms in total. The first-order chi connectivity index (χ1) is 11.4. The molecule has 132 valence electrons. The summed E-state index contributed by atoms with van der Waals surface area (Å²) >= 11 is 0. The lowest BCUT2D eigenvalue weighted by atomic mass is 10.1. The second kappa shape index (κ2) is 7.43. The van der Waals surface area contributed by atoms with Crippen LogP contribution in [0.25, 0.3) is 0 Å². The van der Waals surface area contributed by atoms with Gasteiger partial charge < -0.3 is 24.2 Å². The van der Waals surface area contributed by atoms with Crippen molar-refractivity contribution >= 4 is 11.9 Å². The highest BCUT2D eigenvalue weighted by atomic mass is 19.3. The van der Waals surface area contributed by atoms with Crippen LogP contribution in [-0.4, -0.2) is 61.4 Å². The number of rotatable bonds is 6. The highest BCUT2D eigenvalue weighted by Crippen LogP contribution is 2.31.